The zero-order valence-electron chi connectivity index (χ0n) is 14.8. The Hall–Kier alpha value is -2.73. The fraction of sp³-hybridized carbons (Fsp3) is 0.316. The maximum atomic E-state index is 12.1. The second-order valence-corrected chi connectivity index (χ2v) is 5.51. The fourth-order valence-electron chi connectivity index (χ4n) is 2.25. The molecule has 0 spiro atoms. The van der Waals surface area contributed by atoms with Crippen molar-refractivity contribution in [3.05, 3.63) is 48.5 Å². The van der Waals surface area contributed by atoms with Crippen molar-refractivity contribution >= 4 is 11.6 Å². The Morgan fingerprint density at radius 1 is 1.00 bits per heavy atom. The second-order valence-electron chi connectivity index (χ2n) is 5.51. The number of anilines is 1. The normalized spacial score (nSPS) is 10.4. The highest BCUT2D eigenvalue weighted by atomic mass is 16.5. The Kier molecular flexibility index (Phi) is 7.10. The van der Waals surface area contributed by atoms with Gasteiger partial charge in [-0.1, -0.05) is 12.1 Å². The SMILES string of the molecule is COc1ccc(NC(=O)CN(C)CCOc2ccccc2OC)cc1. The van der Waals surface area contributed by atoms with Crippen LogP contribution in [0.15, 0.2) is 48.5 Å². The summed E-state index contributed by atoms with van der Waals surface area (Å²) in [6, 6.07) is 14.7. The summed E-state index contributed by atoms with van der Waals surface area (Å²) >= 11 is 0. The van der Waals surface area contributed by atoms with Crippen molar-refractivity contribution in [3.63, 3.8) is 0 Å². The summed E-state index contributed by atoms with van der Waals surface area (Å²) in [5.74, 6) is 2.07. The van der Waals surface area contributed by atoms with Gasteiger partial charge in [-0.2, -0.15) is 0 Å². The fourth-order valence-corrected chi connectivity index (χ4v) is 2.25. The maximum absolute atomic E-state index is 12.1. The lowest BCUT2D eigenvalue weighted by atomic mass is 10.3. The number of nitrogens with one attached hydrogen (secondary N) is 1. The zero-order chi connectivity index (χ0) is 18.1. The van der Waals surface area contributed by atoms with Gasteiger partial charge in [0.05, 0.1) is 20.8 Å². The van der Waals surface area contributed by atoms with Gasteiger partial charge in [0.15, 0.2) is 11.5 Å². The quantitative estimate of drug-likeness (QED) is 0.758. The van der Waals surface area contributed by atoms with E-state index in [9.17, 15) is 4.79 Å². The topological polar surface area (TPSA) is 60.0 Å². The second kappa shape index (κ2) is 9.54. The summed E-state index contributed by atoms with van der Waals surface area (Å²) in [4.78, 5) is 14.0. The van der Waals surface area contributed by atoms with Crippen LogP contribution in [0, 0.1) is 0 Å². The van der Waals surface area contributed by atoms with Gasteiger partial charge in [-0.25, -0.2) is 0 Å². The molecular weight excluding hydrogens is 320 g/mol. The Bertz CT molecular complexity index is 673. The third kappa shape index (κ3) is 6.00. The van der Waals surface area contributed by atoms with Crippen LogP contribution in [0.2, 0.25) is 0 Å². The molecule has 2 aromatic carbocycles. The third-order valence-electron chi connectivity index (χ3n) is 3.59. The van der Waals surface area contributed by atoms with Gasteiger partial charge in [0, 0.05) is 12.2 Å². The van der Waals surface area contributed by atoms with Gasteiger partial charge >= 0.3 is 0 Å². The number of likely N-dealkylation sites (N-methyl/N-ethyl adjacent to an activating group) is 1. The van der Waals surface area contributed by atoms with E-state index in [4.69, 9.17) is 14.2 Å². The number of ether oxygens (including phenoxy) is 3. The number of hydrogen-bond donors (Lipinski definition) is 1. The molecule has 0 atom stereocenters. The molecule has 6 heteroatoms. The molecule has 0 saturated carbocycles. The highest BCUT2D eigenvalue weighted by Gasteiger charge is 2.08. The molecule has 0 saturated heterocycles. The van der Waals surface area contributed by atoms with Gasteiger partial charge in [-0.05, 0) is 43.4 Å². The van der Waals surface area contributed by atoms with Crippen LogP contribution in [-0.4, -0.2) is 51.8 Å². The molecule has 0 fully saturated rings. The van der Waals surface area contributed by atoms with Gasteiger partial charge in [-0.3, -0.25) is 9.69 Å². The van der Waals surface area contributed by atoms with Crippen molar-refractivity contribution in [1.82, 2.24) is 4.90 Å². The minimum absolute atomic E-state index is 0.0787. The monoisotopic (exact) mass is 344 g/mol. The number of carbonyl (C=O) groups is 1. The van der Waals surface area contributed by atoms with E-state index in [1.807, 2.05) is 48.3 Å². The van der Waals surface area contributed by atoms with Crippen molar-refractivity contribution in [1.29, 1.82) is 0 Å². The molecule has 1 amide bonds. The van der Waals surface area contributed by atoms with E-state index in [0.29, 0.717) is 24.7 Å². The van der Waals surface area contributed by atoms with Crippen molar-refractivity contribution in [2.75, 3.05) is 46.3 Å². The molecule has 0 radical (unpaired) electrons. The molecule has 134 valence electrons. The maximum Gasteiger partial charge on any atom is 0.238 e. The van der Waals surface area contributed by atoms with Crippen molar-refractivity contribution in [3.8, 4) is 17.2 Å². The molecule has 0 bridgehead atoms. The zero-order valence-corrected chi connectivity index (χ0v) is 14.8. The number of benzene rings is 2. The Morgan fingerprint density at radius 3 is 2.32 bits per heavy atom. The summed E-state index contributed by atoms with van der Waals surface area (Å²) < 4.78 is 16.0. The van der Waals surface area contributed by atoms with Crippen LogP contribution in [0.3, 0.4) is 0 Å². The smallest absolute Gasteiger partial charge is 0.238 e. The molecule has 25 heavy (non-hydrogen) atoms. The van der Waals surface area contributed by atoms with Crippen molar-refractivity contribution < 1.29 is 19.0 Å². The van der Waals surface area contributed by atoms with Crippen LogP contribution in [0.25, 0.3) is 0 Å². The predicted molar refractivity (Wildman–Crippen MR) is 97.6 cm³/mol. The van der Waals surface area contributed by atoms with E-state index >= 15 is 0 Å². The third-order valence-corrected chi connectivity index (χ3v) is 3.59. The predicted octanol–water partition coefficient (Wildman–Crippen LogP) is 2.65. The van der Waals surface area contributed by atoms with E-state index in [-0.39, 0.29) is 12.5 Å². The Labute approximate surface area is 148 Å². The highest BCUT2D eigenvalue weighted by molar-refractivity contribution is 5.92. The van der Waals surface area contributed by atoms with E-state index in [1.165, 1.54) is 0 Å². The van der Waals surface area contributed by atoms with Gasteiger partial charge in [0.25, 0.3) is 0 Å². The molecule has 0 aliphatic carbocycles. The molecule has 0 aliphatic rings. The number of rotatable bonds is 9. The summed E-state index contributed by atoms with van der Waals surface area (Å²) in [6.45, 7) is 1.36. The van der Waals surface area contributed by atoms with E-state index in [0.717, 1.165) is 11.4 Å². The van der Waals surface area contributed by atoms with Crippen LogP contribution in [0.1, 0.15) is 0 Å². The molecule has 1 N–H and O–H groups in total. The first-order valence-electron chi connectivity index (χ1n) is 8.00. The van der Waals surface area contributed by atoms with Crippen molar-refractivity contribution in [2.24, 2.45) is 0 Å². The molecule has 0 heterocycles. The standard InChI is InChI=1S/C19H24N2O4/c1-21(12-13-25-18-7-5-4-6-17(18)24-3)14-19(22)20-15-8-10-16(23-2)11-9-15/h4-11H,12-14H2,1-3H3,(H,20,22). The Balaban J connectivity index is 1.73. The summed E-state index contributed by atoms with van der Waals surface area (Å²) in [5.41, 5.74) is 0.740. The molecule has 0 aromatic heterocycles. The van der Waals surface area contributed by atoms with E-state index < -0.39 is 0 Å². The molecule has 0 unspecified atom stereocenters. The Morgan fingerprint density at radius 2 is 1.68 bits per heavy atom. The molecule has 6 nitrogen and oxygen atoms in total. The van der Waals surface area contributed by atoms with Crippen LogP contribution in [0.5, 0.6) is 17.2 Å². The summed E-state index contributed by atoms with van der Waals surface area (Å²) in [5, 5.41) is 2.85. The first kappa shape index (κ1) is 18.6. The number of hydrogen-bond acceptors (Lipinski definition) is 5. The number of amides is 1. The average molecular weight is 344 g/mol. The van der Waals surface area contributed by atoms with Crippen LogP contribution >= 0.6 is 0 Å². The molecular formula is C19H24N2O4. The van der Waals surface area contributed by atoms with Crippen LogP contribution in [-0.2, 0) is 4.79 Å². The van der Waals surface area contributed by atoms with Gasteiger partial charge < -0.3 is 19.5 Å². The summed E-state index contributed by atoms with van der Waals surface area (Å²) in [6.07, 6.45) is 0. The highest BCUT2D eigenvalue weighted by Crippen LogP contribution is 2.25. The van der Waals surface area contributed by atoms with Gasteiger partial charge in [0.2, 0.25) is 5.91 Å². The lowest BCUT2D eigenvalue weighted by Crippen LogP contribution is -2.33. The number of methoxy groups -OCH3 is 2. The molecule has 0 aliphatic heterocycles. The lowest BCUT2D eigenvalue weighted by Gasteiger charge is -2.17. The summed E-state index contributed by atoms with van der Waals surface area (Å²) in [7, 11) is 5.09. The molecule has 2 aromatic rings. The van der Waals surface area contributed by atoms with Gasteiger partial charge in [0.1, 0.15) is 12.4 Å². The minimum Gasteiger partial charge on any atom is -0.497 e. The number of nitrogens with zero attached hydrogens (tertiary/aromatic N) is 1. The van der Waals surface area contributed by atoms with E-state index in [2.05, 4.69) is 5.32 Å². The first-order valence-corrected chi connectivity index (χ1v) is 8.00. The van der Waals surface area contributed by atoms with Crippen molar-refractivity contribution in [2.45, 2.75) is 0 Å². The number of carbonyl (C=O) groups excluding carboxylic acids is 1. The minimum atomic E-state index is -0.0787. The first-order chi connectivity index (χ1) is 12.1. The largest absolute Gasteiger partial charge is 0.497 e. The van der Waals surface area contributed by atoms with E-state index in [1.54, 1.807) is 26.4 Å². The van der Waals surface area contributed by atoms with Crippen LogP contribution in [0.4, 0.5) is 5.69 Å². The molecule has 2 rings (SSSR count). The number of para-hydroxylation sites is 2. The van der Waals surface area contributed by atoms with Crippen LogP contribution < -0.4 is 19.5 Å². The lowest BCUT2D eigenvalue weighted by molar-refractivity contribution is -0.117. The average Bonchev–Trinajstić information content (AvgIpc) is 2.62. The van der Waals surface area contributed by atoms with Gasteiger partial charge in [-0.15, -0.1) is 0 Å².